The number of fused-ring (bicyclic) bond motifs is 15. The number of nitrogens with zero attached hydrogens (tertiary/aromatic N) is 3. The van der Waals surface area contributed by atoms with E-state index >= 15 is 0 Å². The Morgan fingerprint density at radius 1 is 0.267 bits per heavy atom. The number of para-hydroxylation sites is 5. The molecule has 0 amide bonds. The molecule has 0 spiro atoms. The molecule has 0 radical (unpaired) electrons. The third-order valence-corrected chi connectivity index (χ3v) is 10.5. The third-order valence-electron chi connectivity index (χ3n) is 10.5. The van der Waals surface area contributed by atoms with E-state index in [1.165, 1.54) is 104 Å². The summed E-state index contributed by atoms with van der Waals surface area (Å²) in [6, 6.07) is 51.8. The SMILES string of the molecule is c1ccc(-n2c3cc4c5cccc6c7ccccc7n(c4cc3c3cc4c(cc32)c2cccc3c7ccccc7n4c32)c65)cc1. The van der Waals surface area contributed by atoms with Crippen LogP contribution >= 0.6 is 0 Å². The van der Waals surface area contributed by atoms with Crippen molar-refractivity contribution in [2.24, 2.45) is 0 Å². The van der Waals surface area contributed by atoms with Gasteiger partial charge in [0.1, 0.15) is 0 Å². The average molecular weight is 570 g/mol. The first kappa shape index (κ1) is 22.5. The predicted molar refractivity (Wildman–Crippen MR) is 190 cm³/mol. The minimum atomic E-state index is 1.18. The van der Waals surface area contributed by atoms with E-state index < -0.39 is 0 Å². The van der Waals surface area contributed by atoms with Crippen molar-refractivity contribution in [3.05, 3.63) is 140 Å². The summed E-state index contributed by atoms with van der Waals surface area (Å²) in [6.07, 6.45) is 0. The van der Waals surface area contributed by atoms with E-state index in [1.54, 1.807) is 0 Å². The highest BCUT2D eigenvalue weighted by atomic mass is 15.0. The van der Waals surface area contributed by atoms with Crippen LogP contribution in [0.4, 0.5) is 0 Å². The third kappa shape index (κ3) is 2.50. The summed E-state index contributed by atoms with van der Waals surface area (Å²) in [5.74, 6) is 0. The molecule has 0 atom stereocenters. The summed E-state index contributed by atoms with van der Waals surface area (Å²) in [4.78, 5) is 0. The zero-order valence-electron chi connectivity index (χ0n) is 24.1. The lowest BCUT2D eigenvalue weighted by molar-refractivity contribution is 1.18. The molecule has 0 saturated heterocycles. The molecule has 0 aliphatic carbocycles. The van der Waals surface area contributed by atoms with E-state index in [0.717, 1.165) is 0 Å². The van der Waals surface area contributed by atoms with Crippen molar-refractivity contribution in [2.45, 2.75) is 0 Å². The molecule has 206 valence electrons. The molecular weight excluding hydrogens is 546 g/mol. The highest BCUT2D eigenvalue weighted by Crippen LogP contribution is 2.45. The highest BCUT2D eigenvalue weighted by molar-refractivity contribution is 6.29. The summed E-state index contributed by atoms with van der Waals surface area (Å²) in [5.41, 5.74) is 11.3. The molecule has 0 N–H and O–H groups in total. The van der Waals surface area contributed by atoms with Crippen LogP contribution in [-0.4, -0.2) is 13.4 Å². The van der Waals surface area contributed by atoms with Gasteiger partial charge in [-0.3, -0.25) is 0 Å². The standard InChI is InChI=1S/C42H23N3/c1-2-10-24(11-3-1)43-37-20-31-29-16-8-14-27-25-12-4-6-18-35(25)44(41(27)29)39(31)22-33(37)34-23-40-32(21-38(34)43)30-17-9-15-28-26-13-5-7-19-36(26)45(40)42(28)30/h1-23H. The Kier molecular flexibility index (Phi) is 3.76. The molecule has 12 aromatic rings. The summed E-state index contributed by atoms with van der Waals surface area (Å²) in [5, 5.41) is 13.0. The minimum absolute atomic E-state index is 1.18. The molecule has 0 bridgehead atoms. The maximum Gasteiger partial charge on any atom is 0.0620 e. The van der Waals surface area contributed by atoms with E-state index in [1.807, 2.05) is 0 Å². The normalized spacial score (nSPS) is 12.9. The zero-order valence-corrected chi connectivity index (χ0v) is 24.1. The van der Waals surface area contributed by atoms with Gasteiger partial charge < -0.3 is 13.4 Å². The number of aromatic nitrogens is 3. The highest BCUT2D eigenvalue weighted by Gasteiger charge is 2.23. The number of hydrogen-bond acceptors (Lipinski definition) is 0. The molecule has 0 aliphatic rings. The van der Waals surface area contributed by atoms with Gasteiger partial charge in [0.25, 0.3) is 0 Å². The molecule has 45 heavy (non-hydrogen) atoms. The van der Waals surface area contributed by atoms with Crippen molar-refractivity contribution in [1.82, 2.24) is 13.4 Å². The van der Waals surface area contributed by atoms with Crippen molar-refractivity contribution in [3.63, 3.8) is 0 Å². The first-order chi connectivity index (χ1) is 22.3. The minimum Gasteiger partial charge on any atom is -0.309 e. The monoisotopic (exact) mass is 569 g/mol. The fourth-order valence-corrected chi connectivity index (χ4v) is 8.71. The lowest BCUT2D eigenvalue weighted by Gasteiger charge is -2.08. The maximum absolute atomic E-state index is 2.49. The van der Waals surface area contributed by atoms with Crippen LogP contribution in [0, 0.1) is 0 Å². The molecule has 0 aliphatic heterocycles. The van der Waals surface area contributed by atoms with Crippen molar-refractivity contribution in [2.75, 3.05) is 0 Å². The number of hydrogen-bond donors (Lipinski definition) is 0. The van der Waals surface area contributed by atoms with Crippen LogP contribution in [0.2, 0.25) is 0 Å². The lowest BCUT2D eigenvalue weighted by atomic mass is 10.0. The average Bonchev–Trinajstić information content (AvgIpc) is 3.87. The topological polar surface area (TPSA) is 13.8 Å². The Bertz CT molecular complexity index is 2990. The van der Waals surface area contributed by atoms with Gasteiger partial charge in [-0.1, -0.05) is 91.0 Å². The lowest BCUT2D eigenvalue weighted by Crippen LogP contribution is -1.93. The Hall–Kier alpha value is -6.06. The second kappa shape index (κ2) is 7.53. The van der Waals surface area contributed by atoms with Crippen LogP contribution in [0.3, 0.4) is 0 Å². The predicted octanol–water partition coefficient (Wildman–Crippen LogP) is 11.1. The molecule has 0 fully saturated rings. The van der Waals surface area contributed by atoms with E-state index in [9.17, 15) is 0 Å². The number of benzene rings is 7. The van der Waals surface area contributed by atoms with E-state index in [4.69, 9.17) is 0 Å². The molecule has 7 aromatic carbocycles. The molecule has 3 nitrogen and oxygen atoms in total. The zero-order chi connectivity index (χ0) is 29.0. The van der Waals surface area contributed by atoms with E-state index in [2.05, 4.69) is 153 Å². The maximum atomic E-state index is 2.49. The summed E-state index contributed by atoms with van der Waals surface area (Å²) in [7, 11) is 0. The van der Waals surface area contributed by atoms with E-state index in [-0.39, 0.29) is 0 Å². The molecule has 12 rings (SSSR count). The fraction of sp³-hybridized carbons (Fsp3) is 0. The van der Waals surface area contributed by atoms with Crippen molar-refractivity contribution < 1.29 is 0 Å². The van der Waals surface area contributed by atoms with Crippen LogP contribution < -0.4 is 0 Å². The van der Waals surface area contributed by atoms with Crippen LogP contribution in [0.5, 0.6) is 0 Å². The molecule has 0 saturated carbocycles. The van der Waals surface area contributed by atoms with Gasteiger partial charge in [-0.15, -0.1) is 0 Å². The van der Waals surface area contributed by atoms with Crippen LogP contribution in [0.25, 0.3) is 104 Å². The van der Waals surface area contributed by atoms with Crippen LogP contribution in [0.1, 0.15) is 0 Å². The summed E-state index contributed by atoms with van der Waals surface area (Å²) >= 11 is 0. The number of rotatable bonds is 1. The van der Waals surface area contributed by atoms with Gasteiger partial charge in [-0.05, 0) is 48.5 Å². The summed E-state index contributed by atoms with van der Waals surface area (Å²) < 4.78 is 7.46. The van der Waals surface area contributed by atoms with Gasteiger partial charge in [0, 0.05) is 59.5 Å². The van der Waals surface area contributed by atoms with Crippen molar-refractivity contribution in [3.8, 4) is 5.69 Å². The van der Waals surface area contributed by atoms with Gasteiger partial charge in [0.2, 0.25) is 0 Å². The smallest absolute Gasteiger partial charge is 0.0620 e. The first-order valence-electron chi connectivity index (χ1n) is 15.6. The van der Waals surface area contributed by atoms with Gasteiger partial charge in [-0.2, -0.15) is 0 Å². The Balaban J connectivity index is 1.34. The van der Waals surface area contributed by atoms with Gasteiger partial charge >= 0.3 is 0 Å². The Morgan fingerprint density at radius 2 is 0.644 bits per heavy atom. The Labute approximate surface area is 256 Å². The van der Waals surface area contributed by atoms with Crippen molar-refractivity contribution in [1.29, 1.82) is 0 Å². The van der Waals surface area contributed by atoms with Gasteiger partial charge in [-0.25, -0.2) is 0 Å². The molecule has 3 heteroatoms. The fourth-order valence-electron chi connectivity index (χ4n) is 8.71. The van der Waals surface area contributed by atoms with Gasteiger partial charge in [0.05, 0.1) is 44.1 Å². The van der Waals surface area contributed by atoms with Crippen molar-refractivity contribution >= 4 is 98.0 Å². The summed E-state index contributed by atoms with van der Waals surface area (Å²) in [6.45, 7) is 0. The first-order valence-corrected chi connectivity index (χ1v) is 15.6. The molecule has 0 unspecified atom stereocenters. The largest absolute Gasteiger partial charge is 0.309 e. The van der Waals surface area contributed by atoms with Crippen LogP contribution in [0.15, 0.2) is 140 Å². The Morgan fingerprint density at radius 3 is 1.16 bits per heavy atom. The second-order valence-electron chi connectivity index (χ2n) is 12.6. The molecule has 5 aromatic heterocycles. The molecular formula is C42H23N3. The van der Waals surface area contributed by atoms with E-state index in [0.29, 0.717) is 0 Å². The quantitative estimate of drug-likeness (QED) is 0.187. The second-order valence-corrected chi connectivity index (χ2v) is 12.6. The molecule has 5 heterocycles. The van der Waals surface area contributed by atoms with Gasteiger partial charge in [0.15, 0.2) is 0 Å². The van der Waals surface area contributed by atoms with Crippen LogP contribution in [-0.2, 0) is 0 Å².